The Morgan fingerprint density at radius 1 is 1.14 bits per heavy atom. The second kappa shape index (κ2) is 7.21. The molecule has 1 saturated heterocycles. The van der Waals surface area contributed by atoms with Crippen LogP contribution in [0.1, 0.15) is 20.3 Å². The molecule has 14 heavy (non-hydrogen) atoms. The first-order valence-electron chi connectivity index (χ1n) is 6.35. The lowest BCUT2D eigenvalue weighted by molar-refractivity contribution is -0.952. The Labute approximate surface area is 88.5 Å². The largest absolute Gasteiger partial charge is 0.337 e. The molecular weight excluding hydrogens is 174 g/mol. The molecule has 1 aliphatic heterocycles. The quantitative estimate of drug-likeness (QED) is 0.404. The van der Waals surface area contributed by atoms with E-state index in [0.29, 0.717) is 0 Å². The zero-order chi connectivity index (χ0) is 10.2. The Balaban J connectivity index is 2.01. The van der Waals surface area contributed by atoms with Crippen molar-refractivity contribution in [3.05, 3.63) is 0 Å². The fraction of sp³-hybridized carbons (Fsp3) is 1.00. The van der Waals surface area contributed by atoms with Gasteiger partial charge in [-0.15, -0.1) is 0 Å². The van der Waals surface area contributed by atoms with Crippen molar-refractivity contribution in [1.82, 2.24) is 0 Å². The van der Waals surface area contributed by atoms with Gasteiger partial charge in [-0.05, 0) is 13.8 Å². The van der Waals surface area contributed by atoms with E-state index in [4.69, 9.17) is 0 Å². The van der Waals surface area contributed by atoms with Gasteiger partial charge in [0.25, 0.3) is 0 Å². The zero-order valence-electron chi connectivity index (χ0n) is 9.94. The molecule has 0 aromatic rings. The molecule has 0 saturated carbocycles. The van der Waals surface area contributed by atoms with E-state index in [2.05, 4.69) is 19.2 Å². The molecule has 0 amide bonds. The topological polar surface area (TPSA) is 25.5 Å². The predicted molar refractivity (Wildman–Crippen MR) is 58.8 cm³/mol. The average molecular weight is 202 g/mol. The third-order valence-corrected chi connectivity index (χ3v) is 3.46. The van der Waals surface area contributed by atoms with Crippen LogP contribution in [0.25, 0.3) is 0 Å². The highest BCUT2D eigenvalue weighted by atomic mass is 15.2. The molecule has 0 aromatic carbocycles. The van der Waals surface area contributed by atoms with Crippen LogP contribution in [0.4, 0.5) is 0 Å². The summed E-state index contributed by atoms with van der Waals surface area (Å²) in [7, 11) is 0. The molecule has 1 aliphatic rings. The van der Waals surface area contributed by atoms with Crippen molar-refractivity contribution in [2.24, 2.45) is 0 Å². The van der Waals surface area contributed by atoms with E-state index in [0.717, 1.165) is 0 Å². The van der Waals surface area contributed by atoms with Crippen molar-refractivity contribution < 1.29 is 15.1 Å². The zero-order valence-corrected chi connectivity index (χ0v) is 9.94. The van der Waals surface area contributed by atoms with Gasteiger partial charge in [-0.2, -0.15) is 0 Å². The molecule has 1 fully saturated rings. The third kappa shape index (κ3) is 4.40. The van der Waals surface area contributed by atoms with Gasteiger partial charge in [0.15, 0.2) is 0 Å². The summed E-state index contributed by atoms with van der Waals surface area (Å²) < 4.78 is 0. The van der Waals surface area contributed by atoms with Crippen LogP contribution >= 0.6 is 0 Å². The molecule has 1 rings (SSSR count). The van der Waals surface area contributed by atoms with Crippen molar-refractivity contribution in [2.45, 2.75) is 20.3 Å². The number of nitrogens with two attached hydrogens (primary N) is 1. The number of hydrogen-bond acceptors (Lipinski definition) is 0. The minimum Gasteiger partial charge on any atom is -0.337 e. The van der Waals surface area contributed by atoms with Crippen LogP contribution < -0.4 is 15.1 Å². The highest BCUT2D eigenvalue weighted by Gasteiger charge is 2.15. The molecule has 1 heterocycles. The van der Waals surface area contributed by atoms with Crippen molar-refractivity contribution in [3.63, 3.8) is 0 Å². The summed E-state index contributed by atoms with van der Waals surface area (Å²) in [6.45, 7) is 15.4. The lowest BCUT2D eigenvalue weighted by Gasteiger charge is -2.23. The van der Waals surface area contributed by atoms with Gasteiger partial charge in [0, 0.05) is 6.42 Å². The molecule has 3 heteroatoms. The molecule has 0 aliphatic carbocycles. The monoisotopic (exact) mass is 202 g/mol. The van der Waals surface area contributed by atoms with Gasteiger partial charge in [-0.1, -0.05) is 0 Å². The fourth-order valence-electron chi connectivity index (χ4n) is 2.32. The van der Waals surface area contributed by atoms with Crippen molar-refractivity contribution in [1.29, 1.82) is 0 Å². The summed E-state index contributed by atoms with van der Waals surface area (Å²) >= 11 is 0. The molecule has 0 radical (unpaired) electrons. The molecular formula is C11H28N3+3. The van der Waals surface area contributed by atoms with Crippen LogP contribution in [0.2, 0.25) is 0 Å². The molecule has 0 aromatic heterocycles. The lowest BCUT2D eigenvalue weighted by atomic mass is 10.3. The van der Waals surface area contributed by atoms with E-state index in [1.807, 2.05) is 4.90 Å². The first-order chi connectivity index (χ1) is 6.86. The molecule has 0 unspecified atom stereocenters. The standard InChI is InChI=1S/C11H25N3/c1-3-13(4-2)8-5-9-14-10-6-12-7-11-14/h12H,3-11H2,1-2H3/p+3. The molecule has 84 valence electrons. The maximum Gasteiger partial charge on any atom is 0.127 e. The maximum atomic E-state index is 2.44. The first kappa shape index (κ1) is 12.0. The smallest absolute Gasteiger partial charge is 0.127 e. The van der Waals surface area contributed by atoms with Gasteiger partial charge >= 0.3 is 0 Å². The van der Waals surface area contributed by atoms with Gasteiger partial charge in [-0.3, -0.25) is 0 Å². The Hall–Kier alpha value is -0.120. The van der Waals surface area contributed by atoms with E-state index >= 15 is 0 Å². The predicted octanol–water partition coefficient (Wildman–Crippen LogP) is -3.24. The minimum absolute atomic E-state index is 1.29. The third-order valence-electron chi connectivity index (χ3n) is 3.46. The number of nitrogens with one attached hydrogen (secondary N) is 2. The molecule has 0 atom stereocenters. The van der Waals surface area contributed by atoms with Crippen molar-refractivity contribution in [2.75, 3.05) is 52.4 Å². The Morgan fingerprint density at radius 2 is 1.79 bits per heavy atom. The SMILES string of the molecule is CC[NH+](CC)CCC[NH+]1CC[NH2+]CC1. The maximum absolute atomic E-state index is 2.44. The molecule has 0 spiro atoms. The fourth-order valence-corrected chi connectivity index (χ4v) is 2.32. The first-order valence-corrected chi connectivity index (χ1v) is 6.35. The van der Waals surface area contributed by atoms with Gasteiger partial charge in [0.1, 0.15) is 26.2 Å². The van der Waals surface area contributed by atoms with Gasteiger partial charge in [-0.25, -0.2) is 0 Å². The van der Waals surface area contributed by atoms with Crippen molar-refractivity contribution >= 4 is 0 Å². The normalized spacial score (nSPS) is 19.1. The summed E-state index contributed by atoms with van der Waals surface area (Å²) in [6.07, 6.45) is 1.41. The highest BCUT2D eigenvalue weighted by molar-refractivity contribution is 4.36. The minimum atomic E-state index is 1.29. The van der Waals surface area contributed by atoms with Crippen LogP contribution in [0.15, 0.2) is 0 Å². The van der Waals surface area contributed by atoms with E-state index in [1.165, 1.54) is 58.8 Å². The van der Waals surface area contributed by atoms with Crippen molar-refractivity contribution in [3.8, 4) is 0 Å². The highest BCUT2D eigenvalue weighted by Crippen LogP contribution is 1.67. The Kier molecular flexibility index (Phi) is 6.15. The molecule has 0 bridgehead atoms. The molecule has 4 N–H and O–H groups in total. The summed E-state index contributed by atoms with van der Waals surface area (Å²) in [6, 6.07) is 0. The number of hydrogen-bond donors (Lipinski definition) is 3. The van der Waals surface area contributed by atoms with E-state index < -0.39 is 0 Å². The Bertz CT molecular complexity index is 128. The van der Waals surface area contributed by atoms with Gasteiger partial charge < -0.3 is 15.1 Å². The Morgan fingerprint density at radius 3 is 2.36 bits per heavy atom. The summed E-state index contributed by atoms with van der Waals surface area (Å²) in [5.41, 5.74) is 0. The molecule has 3 nitrogen and oxygen atoms in total. The summed E-state index contributed by atoms with van der Waals surface area (Å²) in [5, 5.41) is 2.44. The number of piperazine rings is 1. The van der Waals surface area contributed by atoms with Gasteiger partial charge in [0.05, 0.1) is 26.2 Å². The van der Waals surface area contributed by atoms with Crippen LogP contribution in [-0.4, -0.2) is 52.4 Å². The summed E-state index contributed by atoms with van der Waals surface area (Å²) in [5.74, 6) is 0. The van der Waals surface area contributed by atoms with E-state index in [-0.39, 0.29) is 0 Å². The second-order valence-electron chi connectivity index (χ2n) is 4.43. The van der Waals surface area contributed by atoms with Crippen LogP contribution in [-0.2, 0) is 0 Å². The van der Waals surface area contributed by atoms with Crippen LogP contribution in [0.5, 0.6) is 0 Å². The number of quaternary nitrogens is 3. The van der Waals surface area contributed by atoms with E-state index in [9.17, 15) is 0 Å². The van der Waals surface area contributed by atoms with E-state index in [1.54, 1.807) is 4.90 Å². The lowest BCUT2D eigenvalue weighted by Crippen LogP contribution is -3.21. The average Bonchev–Trinajstić information content (AvgIpc) is 2.26. The van der Waals surface area contributed by atoms with Crippen LogP contribution in [0.3, 0.4) is 0 Å². The number of rotatable bonds is 6. The van der Waals surface area contributed by atoms with Gasteiger partial charge in [0.2, 0.25) is 0 Å². The summed E-state index contributed by atoms with van der Waals surface area (Å²) in [4.78, 5) is 3.59. The van der Waals surface area contributed by atoms with Crippen LogP contribution in [0, 0.1) is 0 Å². The second-order valence-corrected chi connectivity index (χ2v) is 4.43.